The Hall–Kier alpha value is -1.59. The minimum atomic E-state index is -0.767. The van der Waals surface area contributed by atoms with E-state index in [0.717, 1.165) is 38.5 Å². The maximum atomic E-state index is 12.0. The van der Waals surface area contributed by atoms with E-state index in [1.54, 1.807) is 13.8 Å². The van der Waals surface area contributed by atoms with Gasteiger partial charge in [-0.3, -0.25) is 14.4 Å². The van der Waals surface area contributed by atoms with E-state index in [1.807, 2.05) is 0 Å². The average Bonchev–Trinajstić information content (AvgIpc) is 2.74. The third kappa shape index (κ3) is 18.9. The molecule has 0 spiro atoms. The quantitative estimate of drug-likeness (QED) is 0.128. The van der Waals surface area contributed by atoms with E-state index in [9.17, 15) is 14.4 Å². The van der Waals surface area contributed by atoms with Gasteiger partial charge in [-0.05, 0) is 12.8 Å². The number of hydrogen-bond acceptors (Lipinski definition) is 6. The van der Waals surface area contributed by atoms with Gasteiger partial charge in [0.2, 0.25) is 0 Å². The SMILES string of the molecule is CCCCCCCCC(=O)OCC(COC(=O)CCCCCCCC)OC(=O)C(C)C. The van der Waals surface area contributed by atoms with Gasteiger partial charge in [-0.25, -0.2) is 0 Å². The van der Waals surface area contributed by atoms with Crippen LogP contribution in [0.1, 0.15) is 118 Å². The Morgan fingerprint density at radius 1 is 0.613 bits per heavy atom. The van der Waals surface area contributed by atoms with Crippen molar-refractivity contribution in [1.29, 1.82) is 0 Å². The summed E-state index contributed by atoms with van der Waals surface area (Å²) in [6.07, 6.45) is 13.1. The van der Waals surface area contributed by atoms with Crippen LogP contribution in [0.15, 0.2) is 0 Å². The molecule has 0 saturated heterocycles. The van der Waals surface area contributed by atoms with Crippen molar-refractivity contribution in [2.24, 2.45) is 5.92 Å². The Kier molecular flexibility index (Phi) is 19.3. The Morgan fingerprint density at radius 3 is 1.39 bits per heavy atom. The van der Waals surface area contributed by atoms with Gasteiger partial charge in [0.25, 0.3) is 0 Å². The summed E-state index contributed by atoms with van der Waals surface area (Å²) in [6.45, 7) is 7.63. The third-order valence-corrected chi connectivity index (χ3v) is 5.08. The first-order valence-electron chi connectivity index (χ1n) is 12.4. The summed E-state index contributed by atoms with van der Waals surface area (Å²) in [4.78, 5) is 35.9. The van der Waals surface area contributed by atoms with Gasteiger partial charge in [-0.2, -0.15) is 0 Å². The van der Waals surface area contributed by atoms with Crippen molar-refractivity contribution in [3.63, 3.8) is 0 Å². The summed E-state index contributed by atoms with van der Waals surface area (Å²) in [6, 6.07) is 0. The molecular weight excluding hydrogens is 396 g/mol. The zero-order chi connectivity index (χ0) is 23.3. The molecule has 0 aliphatic carbocycles. The fourth-order valence-electron chi connectivity index (χ4n) is 3.03. The smallest absolute Gasteiger partial charge is 0.308 e. The fourth-order valence-corrected chi connectivity index (χ4v) is 3.03. The fraction of sp³-hybridized carbons (Fsp3) is 0.880. The van der Waals surface area contributed by atoms with Gasteiger partial charge in [-0.1, -0.05) is 91.9 Å². The van der Waals surface area contributed by atoms with E-state index in [0.29, 0.717) is 12.8 Å². The van der Waals surface area contributed by atoms with Crippen molar-refractivity contribution in [3.05, 3.63) is 0 Å². The maximum absolute atomic E-state index is 12.0. The van der Waals surface area contributed by atoms with E-state index in [2.05, 4.69) is 13.8 Å². The van der Waals surface area contributed by atoms with Gasteiger partial charge in [0.1, 0.15) is 13.2 Å². The zero-order valence-corrected chi connectivity index (χ0v) is 20.4. The molecule has 0 N–H and O–H groups in total. The minimum Gasteiger partial charge on any atom is -0.462 e. The maximum Gasteiger partial charge on any atom is 0.308 e. The summed E-state index contributed by atoms with van der Waals surface area (Å²) in [5, 5.41) is 0. The standard InChI is InChI=1S/C25H46O6/c1-5-7-9-11-13-15-17-23(26)29-19-22(31-25(28)21(3)4)20-30-24(27)18-16-14-12-10-8-6-2/h21-22H,5-20H2,1-4H3. The predicted molar refractivity (Wildman–Crippen MR) is 123 cm³/mol. The molecule has 0 atom stereocenters. The van der Waals surface area contributed by atoms with Crippen LogP contribution >= 0.6 is 0 Å². The molecule has 0 amide bonds. The van der Waals surface area contributed by atoms with Crippen LogP contribution in [0.3, 0.4) is 0 Å². The van der Waals surface area contributed by atoms with Gasteiger partial charge < -0.3 is 14.2 Å². The Balaban J connectivity index is 4.20. The second-order valence-corrected chi connectivity index (χ2v) is 8.62. The topological polar surface area (TPSA) is 78.9 Å². The van der Waals surface area contributed by atoms with Crippen LogP contribution in [0.25, 0.3) is 0 Å². The molecular formula is C25H46O6. The first-order valence-corrected chi connectivity index (χ1v) is 12.4. The molecule has 0 aromatic rings. The van der Waals surface area contributed by atoms with E-state index in [-0.39, 0.29) is 31.1 Å². The van der Waals surface area contributed by atoms with E-state index < -0.39 is 12.1 Å². The molecule has 31 heavy (non-hydrogen) atoms. The van der Waals surface area contributed by atoms with Crippen molar-refractivity contribution in [2.45, 2.75) is 124 Å². The van der Waals surface area contributed by atoms with Crippen molar-refractivity contribution in [2.75, 3.05) is 13.2 Å². The highest BCUT2D eigenvalue weighted by molar-refractivity contribution is 5.72. The molecule has 0 heterocycles. The lowest BCUT2D eigenvalue weighted by atomic mass is 10.1. The van der Waals surface area contributed by atoms with Crippen LogP contribution < -0.4 is 0 Å². The van der Waals surface area contributed by atoms with Gasteiger partial charge in [0.15, 0.2) is 6.10 Å². The molecule has 0 unspecified atom stereocenters. The van der Waals surface area contributed by atoms with Crippen LogP contribution in [0.4, 0.5) is 0 Å². The molecule has 6 nitrogen and oxygen atoms in total. The molecule has 0 aliphatic heterocycles. The Morgan fingerprint density at radius 2 is 1.00 bits per heavy atom. The molecule has 0 fully saturated rings. The summed E-state index contributed by atoms with van der Waals surface area (Å²) < 4.78 is 15.9. The molecule has 0 aromatic carbocycles. The van der Waals surface area contributed by atoms with Gasteiger partial charge in [0.05, 0.1) is 5.92 Å². The van der Waals surface area contributed by atoms with Crippen LogP contribution in [0.2, 0.25) is 0 Å². The zero-order valence-electron chi connectivity index (χ0n) is 20.4. The highest BCUT2D eigenvalue weighted by atomic mass is 16.6. The summed E-state index contributed by atoms with van der Waals surface area (Å²) in [5.41, 5.74) is 0. The highest BCUT2D eigenvalue weighted by Crippen LogP contribution is 2.10. The Bertz CT molecular complexity index is 443. The van der Waals surface area contributed by atoms with E-state index in [4.69, 9.17) is 14.2 Å². The third-order valence-electron chi connectivity index (χ3n) is 5.08. The molecule has 0 radical (unpaired) electrons. The first-order chi connectivity index (χ1) is 14.9. The number of rotatable bonds is 20. The highest BCUT2D eigenvalue weighted by Gasteiger charge is 2.21. The summed E-state index contributed by atoms with van der Waals surface area (Å²) in [5.74, 6) is -1.32. The normalized spacial score (nSPS) is 11.0. The minimum absolute atomic E-state index is 0.0859. The lowest BCUT2D eigenvalue weighted by Gasteiger charge is -2.19. The van der Waals surface area contributed by atoms with Gasteiger partial charge >= 0.3 is 17.9 Å². The monoisotopic (exact) mass is 442 g/mol. The van der Waals surface area contributed by atoms with Crippen molar-refractivity contribution >= 4 is 17.9 Å². The molecule has 0 aliphatic rings. The van der Waals surface area contributed by atoms with Crippen LogP contribution in [-0.2, 0) is 28.6 Å². The molecule has 0 rings (SSSR count). The molecule has 0 saturated carbocycles. The van der Waals surface area contributed by atoms with Crippen molar-refractivity contribution < 1.29 is 28.6 Å². The summed E-state index contributed by atoms with van der Waals surface area (Å²) in [7, 11) is 0. The molecule has 6 heteroatoms. The first kappa shape index (κ1) is 29.4. The average molecular weight is 443 g/mol. The number of unbranched alkanes of at least 4 members (excludes halogenated alkanes) is 10. The largest absolute Gasteiger partial charge is 0.462 e. The lowest BCUT2D eigenvalue weighted by Crippen LogP contribution is -2.32. The van der Waals surface area contributed by atoms with E-state index in [1.165, 1.54) is 38.5 Å². The Labute approximate surface area is 189 Å². The van der Waals surface area contributed by atoms with E-state index >= 15 is 0 Å². The molecule has 0 bridgehead atoms. The van der Waals surface area contributed by atoms with Gasteiger partial charge in [0, 0.05) is 12.8 Å². The van der Waals surface area contributed by atoms with Crippen molar-refractivity contribution in [3.8, 4) is 0 Å². The number of ether oxygens (including phenoxy) is 3. The second-order valence-electron chi connectivity index (χ2n) is 8.62. The summed E-state index contributed by atoms with van der Waals surface area (Å²) >= 11 is 0. The van der Waals surface area contributed by atoms with Crippen molar-refractivity contribution in [1.82, 2.24) is 0 Å². The number of esters is 3. The lowest BCUT2D eigenvalue weighted by molar-refractivity contribution is -0.169. The van der Waals surface area contributed by atoms with Crippen LogP contribution in [0.5, 0.6) is 0 Å². The number of carbonyl (C=O) groups excluding carboxylic acids is 3. The van der Waals surface area contributed by atoms with Crippen LogP contribution in [-0.4, -0.2) is 37.2 Å². The predicted octanol–water partition coefficient (Wildman–Crippen LogP) is 6.14. The molecule has 0 aromatic heterocycles. The van der Waals surface area contributed by atoms with Crippen LogP contribution in [0, 0.1) is 5.92 Å². The number of hydrogen-bond donors (Lipinski definition) is 0. The number of carbonyl (C=O) groups is 3. The molecule has 182 valence electrons. The van der Waals surface area contributed by atoms with Gasteiger partial charge in [-0.15, -0.1) is 0 Å². The second kappa shape index (κ2) is 20.3.